The highest BCUT2D eigenvalue weighted by atomic mass is 32.2. The quantitative estimate of drug-likeness (QED) is 0.693. The second-order valence-corrected chi connectivity index (χ2v) is 7.73. The minimum absolute atomic E-state index is 0.0932. The molecule has 0 saturated carbocycles. The van der Waals surface area contributed by atoms with Crippen LogP contribution >= 0.6 is 0 Å². The minimum Gasteiger partial charge on any atom is -0.497 e. The molecule has 1 aromatic heterocycles. The summed E-state index contributed by atoms with van der Waals surface area (Å²) >= 11 is 0. The van der Waals surface area contributed by atoms with Crippen LogP contribution in [0.25, 0.3) is 0 Å². The molecule has 9 nitrogen and oxygen atoms in total. The molecule has 10 heteroatoms. The molecule has 0 bridgehead atoms. The second-order valence-electron chi connectivity index (χ2n) is 5.82. The summed E-state index contributed by atoms with van der Waals surface area (Å²) < 4.78 is 48.4. The van der Waals surface area contributed by atoms with Crippen LogP contribution in [0, 0.1) is 0 Å². The first-order chi connectivity index (χ1) is 13.0. The molecule has 1 aromatic carbocycles. The Balaban J connectivity index is 1.73. The zero-order valence-electron chi connectivity index (χ0n) is 15.3. The lowest BCUT2D eigenvalue weighted by atomic mass is 10.3. The van der Waals surface area contributed by atoms with E-state index in [1.807, 2.05) is 0 Å². The predicted octanol–water partition coefficient (Wildman–Crippen LogP) is 1.34. The van der Waals surface area contributed by atoms with E-state index in [1.54, 1.807) is 24.3 Å². The van der Waals surface area contributed by atoms with Crippen molar-refractivity contribution in [3.05, 3.63) is 30.3 Å². The minimum atomic E-state index is -3.73. The molecule has 0 N–H and O–H groups in total. The Kier molecular flexibility index (Phi) is 5.66. The highest BCUT2D eigenvalue weighted by molar-refractivity contribution is 7.89. The topological polar surface area (TPSA) is 100 Å². The Labute approximate surface area is 157 Å². The molecule has 2 aromatic rings. The summed E-state index contributed by atoms with van der Waals surface area (Å²) in [5.41, 5.74) is 0. The van der Waals surface area contributed by atoms with E-state index in [0.717, 1.165) is 0 Å². The number of hydrogen-bond acceptors (Lipinski definition) is 8. The van der Waals surface area contributed by atoms with Gasteiger partial charge in [-0.1, -0.05) is 0 Å². The van der Waals surface area contributed by atoms with Gasteiger partial charge in [-0.05, 0) is 18.6 Å². The first-order valence-electron chi connectivity index (χ1n) is 8.24. The first kappa shape index (κ1) is 19.2. The average Bonchev–Trinajstić information content (AvgIpc) is 3.17. The van der Waals surface area contributed by atoms with Gasteiger partial charge in [0.1, 0.15) is 22.5 Å². The van der Waals surface area contributed by atoms with Crippen LogP contribution in [0.15, 0.2) is 35.2 Å². The van der Waals surface area contributed by atoms with E-state index >= 15 is 0 Å². The summed E-state index contributed by atoms with van der Waals surface area (Å²) in [6.45, 7) is 0.553. The molecule has 0 spiro atoms. The third-order valence-corrected chi connectivity index (χ3v) is 6.11. The van der Waals surface area contributed by atoms with Gasteiger partial charge in [0.15, 0.2) is 0 Å². The molecule has 27 heavy (non-hydrogen) atoms. The average molecular weight is 395 g/mol. The summed E-state index contributed by atoms with van der Waals surface area (Å²) in [7, 11) is 0.702. The zero-order valence-corrected chi connectivity index (χ0v) is 16.1. The summed E-state index contributed by atoms with van der Waals surface area (Å²) in [4.78, 5) is 0.0932. The maximum absolute atomic E-state index is 13.0. The number of rotatable bonds is 7. The lowest BCUT2D eigenvalue weighted by Crippen LogP contribution is -2.31. The van der Waals surface area contributed by atoms with Crippen molar-refractivity contribution in [3.8, 4) is 23.3 Å². The number of sulfonamides is 1. The number of ether oxygens (including phenoxy) is 4. The van der Waals surface area contributed by atoms with Crippen LogP contribution in [-0.2, 0) is 10.0 Å². The molecule has 1 atom stereocenters. The molecule has 0 radical (unpaired) electrons. The summed E-state index contributed by atoms with van der Waals surface area (Å²) in [5, 5.41) is 7.74. The summed E-state index contributed by atoms with van der Waals surface area (Å²) in [6.07, 6.45) is 0.234. The molecule has 1 aliphatic heterocycles. The van der Waals surface area contributed by atoms with Crippen molar-refractivity contribution < 1.29 is 27.4 Å². The van der Waals surface area contributed by atoms with Gasteiger partial charge in [-0.25, -0.2) is 8.42 Å². The van der Waals surface area contributed by atoms with Crippen molar-refractivity contribution in [2.75, 3.05) is 34.4 Å². The van der Waals surface area contributed by atoms with Crippen LogP contribution in [0.3, 0.4) is 0 Å². The normalized spacial score (nSPS) is 17.5. The Hall–Kier alpha value is -2.59. The molecule has 1 saturated heterocycles. The molecule has 146 valence electrons. The van der Waals surface area contributed by atoms with Crippen molar-refractivity contribution in [1.82, 2.24) is 14.5 Å². The molecule has 1 fully saturated rings. The fourth-order valence-electron chi connectivity index (χ4n) is 2.79. The van der Waals surface area contributed by atoms with Crippen LogP contribution in [0.2, 0.25) is 0 Å². The van der Waals surface area contributed by atoms with Gasteiger partial charge >= 0.3 is 0 Å². The van der Waals surface area contributed by atoms with Gasteiger partial charge in [0.2, 0.25) is 21.8 Å². The number of aromatic nitrogens is 2. The Morgan fingerprint density at radius 3 is 2.37 bits per heavy atom. The zero-order chi connectivity index (χ0) is 19.4. The summed E-state index contributed by atoms with van der Waals surface area (Å²) in [5.74, 6) is 1.46. The molecule has 3 rings (SSSR count). The van der Waals surface area contributed by atoms with Gasteiger partial charge in [-0.2, -0.15) is 4.31 Å². The fourth-order valence-corrected chi connectivity index (χ4v) is 4.41. The monoisotopic (exact) mass is 395 g/mol. The van der Waals surface area contributed by atoms with E-state index in [4.69, 9.17) is 18.9 Å². The van der Waals surface area contributed by atoms with Gasteiger partial charge < -0.3 is 18.9 Å². The Morgan fingerprint density at radius 1 is 1.00 bits per heavy atom. The third-order valence-electron chi connectivity index (χ3n) is 4.21. The van der Waals surface area contributed by atoms with Gasteiger partial charge in [-0.15, -0.1) is 10.2 Å². The highest BCUT2D eigenvalue weighted by Crippen LogP contribution is 2.32. The molecule has 2 heterocycles. The number of methoxy groups -OCH3 is 3. The maximum atomic E-state index is 13.0. The fraction of sp³-hybridized carbons (Fsp3) is 0.412. The van der Waals surface area contributed by atoms with E-state index in [2.05, 4.69) is 10.2 Å². The smallest absolute Gasteiger partial charge is 0.246 e. The number of benzene rings is 1. The van der Waals surface area contributed by atoms with E-state index in [1.165, 1.54) is 31.7 Å². The van der Waals surface area contributed by atoms with Crippen molar-refractivity contribution in [2.45, 2.75) is 17.4 Å². The summed E-state index contributed by atoms with van der Waals surface area (Å²) in [6, 6.07) is 7.88. The maximum Gasteiger partial charge on any atom is 0.246 e. The van der Waals surface area contributed by atoms with E-state index in [-0.39, 0.29) is 23.3 Å². The van der Waals surface area contributed by atoms with E-state index in [9.17, 15) is 8.42 Å². The molecule has 0 amide bonds. The number of nitrogens with zero attached hydrogens (tertiary/aromatic N) is 3. The van der Waals surface area contributed by atoms with Gasteiger partial charge in [0.25, 0.3) is 0 Å². The first-order valence-corrected chi connectivity index (χ1v) is 9.68. The lowest BCUT2D eigenvalue weighted by molar-refractivity contribution is 0.203. The third kappa shape index (κ3) is 4.06. The largest absolute Gasteiger partial charge is 0.497 e. The van der Waals surface area contributed by atoms with Gasteiger partial charge in [0, 0.05) is 24.7 Å². The van der Waals surface area contributed by atoms with Crippen LogP contribution in [0.1, 0.15) is 6.42 Å². The van der Waals surface area contributed by atoms with Crippen molar-refractivity contribution in [3.63, 3.8) is 0 Å². The Bertz CT molecular complexity index is 888. The predicted molar refractivity (Wildman–Crippen MR) is 95.9 cm³/mol. The van der Waals surface area contributed by atoms with Crippen LogP contribution in [0.4, 0.5) is 0 Å². The van der Waals surface area contributed by atoms with Gasteiger partial charge in [0.05, 0.1) is 27.9 Å². The molecule has 0 aliphatic carbocycles. The van der Waals surface area contributed by atoms with E-state index < -0.39 is 10.0 Å². The van der Waals surface area contributed by atoms with Crippen LogP contribution in [0.5, 0.6) is 23.3 Å². The molecule has 1 unspecified atom stereocenters. The van der Waals surface area contributed by atoms with E-state index in [0.29, 0.717) is 30.5 Å². The highest BCUT2D eigenvalue weighted by Gasteiger charge is 2.35. The number of hydrogen-bond donors (Lipinski definition) is 0. The molecular weight excluding hydrogens is 374 g/mol. The van der Waals surface area contributed by atoms with Crippen LogP contribution < -0.4 is 18.9 Å². The van der Waals surface area contributed by atoms with Crippen molar-refractivity contribution in [1.29, 1.82) is 0 Å². The Morgan fingerprint density at radius 2 is 1.74 bits per heavy atom. The van der Waals surface area contributed by atoms with Crippen LogP contribution in [-0.4, -0.2) is 63.4 Å². The van der Waals surface area contributed by atoms with Gasteiger partial charge in [-0.3, -0.25) is 0 Å². The lowest BCUT2D eigenvalue weighted by Gasteiger charge is -2.19. The van der Waals surface area contributed by atoms with Crippen molar-refractivity contribution >= 4 is 10.0 Å². The second kappa shape index (κ2) is 7.97. The standard InChI is InChI=1S/C17H21N3O6S/c1-23-12-4-5-15(14(10-12)24-2)27(21,22)20-9-8-13(11-20)26-17-7-6-16(25-3)18-19-17/h4-7,10,13H,8-9,11H2,1-3H3. The van der Waals surface area contributed by atoms with Crippen molar-refractivity contribution in [2.24, 2.45) is 0 Å². The molecule has 1 aliphatic rings. The SMILES string of the molecule is COc1ccc(S(=O)(=O)N2CCC(Oc3ccc(OC)nn3)C2)c(OC)c1. The molecular formula is C17H21N3O6S.